The average molecular weight is 249 g/mol. The molecule has 2 amide bonds. The second-order valence-corrected chi connectivity index (χ2v) is 2.55. The molecular weight excluding hydrogens is 230 g/mol. The molecule has 9 N–H and O–H groups in total. The van der Waals surface area contributed by atoms with Crippen molar-refractivity contribution in [1.29, 1.82) is 0 Å². The number of rotatable bonds is 6. The maximum Gasteiger partial charge on any atom is 0.258 e. The van der Waals surface area contributed by atoms with Crippen molar-refractivity contribution in [2.75, 3.05) is 26.3 Å². The molecule has 9 heteroatoms. The summed E-state index contributed by atoms with van der Waals surface area (Å²) in [6.07, 6.45) is 1.92. The van der Waals surface area contributed by atoms with Crippen LogP contribution in [-0.4, -0.2) is 48.3 Å². The van der Waals surface area contributed by atoms with Gasteiger partial charge in [0.2, 0.25) is 0 Å². The molecule has 0 saturated heterocycles. The maximum absolute atomic E-state index is 10.3. The molecule has 9 nitrogen and oxygen atoms in total. The van der Waals surface area contributed by atoms with Crippen LogP contribution in [0.3, 0.4) is 0 Å². The molecule has 0 radical (unpaired) electrons. The minimum atomic E-state index is -0.566. The number of amides is 2. The summed E-state index contributed by atoms with van der Waals surface area (Å²) in [6.45, 7) is 1.42. The fourth-order valence-electron chi connectivity index (χ4n) is 0.531. The van der Waals surface area contributed by atoms with Crippen LogP contribution in [0.5, 0.6) is 0 Å². The minimum Gasteiger partial charge on any atom is -0.395 e. The van der Waals surface area contributed by atoms with E-state index in [0.717, 1.165) is 12.2 Å². The first-order chi connectivity index (χ1) is 8.12. The molecule has 0 saturated carbocycles. The van der Waals surface area contributed by atoms with Gasteiger partial charge >= 0.3 is 0 Å². The molecule has 0 aliphatic rings. The van der Waals surface area contributed by atoms with Gasteiger partial charge in [-0.05, 0) is 0 Å². The van der Waals surface area contributed by atoms with Crippen molar-refractivity contribution >= 4 is 11.8 Å². The Bertz CT molecular complexity index is 212. The number of hydrazine groups is 2. The molecule has 0 aromatic rings. The quantitative estimate of drug-likeness (QED) is 0.0831. The average Bonchev–Trinajstić information content (AvgIpc) is 2.36. The van der Waals surface area contributed by atoms with Gasteiger partial charge in [-0.25, -0.2) is 11.7 Å². The highest BCUT2D eigenvalue weighted by atomic mass is 16.3. The van der Waals surface area contributed by atoms with Crippen molar-refractivity contribution in [1.82, 2.24) is 16.2 Å². The largest absolute Gasteiger partial charge is 0.395 e. The lowest BCUT2D eigenvalue weighted by Gasteiger charge is -1.94. The van der Waals surface area contributed by atoms with Gasteiger partial charge in [0, 0.05) is 25.2 Å². The first-order valence-corrected chi connectivity index (χ1v) is 4.74. The van der Waals surface area contributed by atoms with Crippen LogP contribution in [0.2, 0.25) is 0 Å². The van der Waals surface area contributed by atoms with E-state index in [0.29, 0.717) is 13.1 Å². The molecule has 0 rings (SSSR count). The lowest BCUT2D eigenvalue weighted by atomic mass is 10.4. The lowest BCUT2D eigenvalue weighted by Crippen LogP contribution is -2.30. The number of aliphatic hydroxyl groups excluding tert-OH is 2. The van der Waals surface area contributed by atoms with E-state index in [1.807, 2.05) is 0 Å². The molecule has 0 aliphatic heterocycles. The van der Waals surface area contributed by atoms with Gasteiger partial charge in [-0.2, -0.15) is 0 Å². The van der Waals surface area contributed by atoms with Crippen LogP contribution in [0.4, 0.5) is 0 Å². The summed E-state index contributed by atoms with van der Waals surface area (Å²) in [5.41, 5.74) is 3.60. The Kier molecular flexibility index (Phi) is 15.2. The molecule has 0 atom stereocenters. The highest BCUT2D eigenvalue weighted by Crippen LogP contribution is 1.70. The van der Waals surface area contributed by atoms with E-state index in [4.69, 9.17) is 10.2 Å². The first kappa shape index (κ1) is 17.9. The summed E-state index contributed by atoms with van der Waals surface area (Å²) in [7, 11) is 0. The molecule has 0 aromatic carbocycles. The van der Waals surface area contributed by atoms with Gasteiger partial charge in [0.15, 0.2) is 0 Å². The molecule has 0 spiro atoms. The molecule has 0 bridgehead atoms. The van der Waals surface area contributed by atoms with E-state index < -0.39 is 11.8 Å². The summed E-state index contributed by atoms with van der Waals surface area (Å²) in [4.78, 5) is 20.6. The number of hydrogen-bond donors (Lipinski definition) is 7. The summed E-state index contributed by atoms with van der Waals surface area (Å²) >= 11 is 0. The van der Waals surface area contributed by atoms with Gasteiger partial charge < -0.3 is 15.5 Å². The Hall–Kier alpha value is -1.52. The van der Waals surface area contributed by atoms with Crippen LogP contribution in [0.15, 0.2) is 12.2 Å². The predicted octanol–water partition coefficient (Wildman–Crippen LogP) is -3.92. The summed E-state index contributed by atoms with van der Waals surface area (Å²) in [5.74, 6) is 8.24. The normalized spacial score (nSPS) is 9.41. The Morgan fingerprint density at radius 1 is 0.941 bits per heavy atom. The summed E-state index contributed by atoms with van der Waals surface area (Å²) in [5, 5.41) is 19.1. The van der Waals surface area contributed by atoms with Crippen molar-refractivity contribution in [3.8, 4) is 0 Å². The molecule has 100 valence electrons. The smallest absolute Gasteiger partial charge is 0.258 e. The second-order valence-electron chi connectivity index (χ2n) is 2.55. The lowest BCUT2D eigenvalue weighted by molar-refractivity contribution is -0.118. The second kappa shape index (κ2) is 14.5. The number of hydrogen-bond acceptors (Lipinski definition) is 7. The molecule has 0 heterocycles. The minimum absolute atomic E-state index is 0.139. The Morgan fingerprint density at radius 3 is 1.53 bits per heavy atom. The third kappa shape index (κ3) is 17.1. The highest BCUT2D eigenvalue weighted by Gasteiger charge is 1.91. The first-order valence-electron chi connectivity index (χ1n) is 4.74. The molecule has 0 aromatic heterocycles. The van der Waals surface area contributed by atoms with Crippen molar-refractivity contribution in [2.45, 2.75) is 0 Å². The van der Waals surface area contributed by atoms with Crippen LogP contribution in [0.25, 0.3) is 0 Å². The SMILES string of the molecule is NNC(=O)/C=C\C(=O)NN.OCCNCCO. The van der Waals surface area contributed by atoms with Crippen LogP contribution in [-0.2, 0) is 9.59 Å². The number of carbonyl (C=O) groups is 2. The zero-order valence-corrected chi connectivity index (χ0v) is 9.35. The Morgan fingerprint density at radius 2 is 1.29 bits per heavy atom. The summed E-state index contributed by atoms with van der Waals surface area (Å²) in [6, 6.07) is 0. The van der Waals surface area contributed by atoms with E-state index in [2.05, 4.69) is 17.0 Å². The number of nitrogens with two attached hydrogens (primary N) is 2. The van der Waals surface area contributed by atoms with E-state index >= 15 is 0 Å². The molecule has 0 aliphatic carbocycles. The van der Waals surface area contributed by atoms with Gasteiger partial charge in [-0.15, -0.1) is 0 Å². The topological polar surface area (TPSA) is 163 Å². The van der Waals surface area contributed by atoms with E-state index in [-0.39, 0.29) is 13.2 Å². The van der Waals surface area contributed by atoms with Crippen LogP contribution in [0.1, 0.15) is 0 Å². The van der Waals surface area contributed by atoms with Crippen molar-refractivity contribution < 1.29 is 19.8 Å². The molecular formula is C8H19N5O4. The van der Waals surface area contributed by atoms with Crippen LogP contribution < -0.4 is 27.9 Å². The van der Waals surface area contributed by atoms with Gasteiger partial charge in [-0.3, -0.25) is 20.4 Å². The Labute approximate surface area is 98.8 Å². The van der Waals surface area contributed by atoms with E-state index in [1.54, 1.807) is 10.9 Å². The van der Waals surface area contributed by atoms with Crippen molar-refractivity contribution in [3.05, 3.63) is 12.2 Å². The zero-order valence-electron chi connectivity index (χ0n) is 9.35. The van der Waals surface area contributed by atoms with Crippen molar-refractivity contribution in [2.24, 2.45) is 11.7 Å². The van der Waals surface area contributed by atoms with Gasteiger partial charge in [0.25, 0.3) is 11.8 Å². The zero-order chi connectivity index (χ0) is 13.5. The monoisotopic (exact) mass is 249 g/mol. The van der Waals surface area contributed by atoms with Crippen LogP contribution in [0, 0.1) is 0 Å². The Balaban J connectivity index is 0. The number of nitrogens with one attached hydrogen (secondary N) is 3. The maximum atomic E-state index is 10.3. The number of carbonyl (C=O) groups excluding carboxylic acids is 2. The van der Waals surface area contributed by atoms with Crippen molar-refractivity contribution in [3.63, 3.8) is 0 Å². The fraction of sp³-hybridized carbons (Fsp3) is 0.500. The molecule has 17 heavy (non-hydrogen) atoms. The third-order valence-electron chi connectivity index (χ3n) is 1.25. The van der Waals surface area contributed by atoms with Crippen LogP contribution >= 0.6 is 0 Å². The summed E-state index contributed by atoms with van der Waals surface area (Å²) < 4.78 is 0. The van der Waals surface area contributed by atoms with E-state index in [9.17, 15) is 9.59 Å². The predicted molar refractivity (Wildman–Crippen MR) is 60.8 cm³/mol. The van der Waals surface area contributed by atoms with E-state index in [1.165, 1.54) is 0 Å². The molecule has 0 fully saturated rings. The number of aliphatic hydroxyl groups is 2. The fourth-order valence-corrected chi connectivity index (χ4v) is 0.531. The van der Waals surface area contributed by atoms with Gasteiger partial charge in [0.1, 0.15) is 0 Å². The standard InChI is InChI=1S/C4H8N4O2.C4H11NO2/c5-7-3(9)1-2-4(10)8-6;6-3-1-5-2-4-7/h1-2H,5-6H2,(H,7,9)(H,8,10);5-7H,1-4H2/b2-1-;. The molecule has 0 unspecified atom stereocenters. The van der Waals surface area contributed by atoms with Gasteiger partial charge in [-0.1, -0.05) is 0 Å². The van der Waals surface area contributed by atoms with Gasteiger partial charge in [0.05, 0.1) is 13.2 Å². The third-order valence-corrected chi connectivity index (χ3v) is 1.25. The highest BCUT2D eigenvalue weighted by molar-refractivity contribution is 5.96.